The maximum Gasteiger partial charge on any atom is 0.247 e. The van der Waals surface area contributed by atoms with E-state index in [1.165, 1.54) is 6.07 Å². The maximum absolute atomic E-state index is 11.0. The van der Waals surface area contributed by atoms with Crippen LogP contribution in [0.2, 0.25) is 0 Å². The Bertz CT molecular complexity index is 606. The van der Waals surface area contributed by atoms with Crippen molar-refractivity contribution in [2.24, 2.45) is 5.10 Å². The van der Waals surface area contributed by atoms with Gasteiger partial charge >= 0.3 is 0 Å². The molecule has 0 saturated carbocycles. The fraction of sp³-hybridized carbons (Fsp3) is 0. The third-order valence-electron chi connectivity index (χ3n) is 2.23. The number of hydrogen-bond acceptors (Lipinski definition) is 7. The van der Waals surface area contributed by atoms with Crippen LogP contribution in [-0.4, -0.2) is 26.2 Å². The second-order valence-electron chi connectivity index (χ2n) is 3.28. The average molecular weight is 232 g/mol. The molecule has 1 aliphatic rings. The predicted octanol–water partition coefficient (Wildman–Crippen LogP) is -1.57. The molecule has 0 radical (unpaired) electrons. The monoisotopic (exact) mass is 232 g/mol. The molecule has 1 aliphatic heterocycles. The summed E-state index contributed by atoms with van der Waals surface area (Å²) < 4.78 is 0. The number of nitrogens with zero attached hydrogens (tertiary/aromatic N) is 3. The van der Waals surface area contributed by atoms with Crippen molar-refractivity contribution in [1.29, 1.82) is 0 Å². The van der Waals surface area contributed by atoms with Crippen molar-refractivity contribution in [3.05, 3.63) is 34.4 Å². The van der Waals surface area contributed by atoms with E-state index in [2.05, 4.69) is 42.0 Å². The van der Waals surface area contributed by atoms with Crippen LogP contribution in [0.1, 0.15) is 5.69 Å². The van der Waals surface area contributed by atoms with Gasteiger partial charge in [-0.05, 0) is 6.07 Å². The number of aromatic amines is 2. The quantitative estimate of drug-likeness (QED) is 0.426. The number of H-pyrrole nitrogens is 2. The fourth-order valence-electron chi connectivity index (χ4n) is 1.47. The van der Waals surface area contributed by atoms with Gasteiger partial charge in [-0.2, -0.15) is 15.4 Å². The molecular weight excluding hydrogens is 224 g/mol. The van der Waals surface area contributed by atoms with Gasteiger partial charge < -0.3 is 4.98 Å². The van der Waals surface area contributed by atoms with E-state index >= 15 is 0 Å². The van der Waals surface area contributed by atoms with Gasteiger partial charge in [0.15, 0.2) is 11.5 Å². The van der Waals surface area contributed by atoms with Crippen molar-refractivity contribution in [3.63, 3.8) is 0 Å². The zero-order valence-electron chi connectivity index (χ0n) is 8.48. The molecular formula is C8H8N8O. The highest BCUT2D eigenvalue weighted by Crippen LogP contribution is 2.17. The van der Waals surface area contributed by atoms with Gasteiger partial charge in [0.05, 0.1) is 0 Å². The van der Waals surface area contributed by atoms with Crippen LogP contribution in [0.15, 0.2) is 28.2 Å². The molecule has 0 fully saturated rings. The highest BCUT2D eigenvalue weighted by atomic mass is 16.1. The number of aromatic nitrogens is 4. The third-order valence-corrected chi connectivity index (χ3v) is 2.23. The molecule has 3 rings (SSSR count). The normalized spacial score (nSPS) is 14.0. The lowest BCUT2D eigenvalue weighted by Crippen LogP contribution is -2.35. The van der Waals surface area contributed by atoms with Crippen LogP contribution >= 0.6 is 0 Å². The van der Waals surface area contributed by atoms with E-state index < -0.39 is 0 Å². The van der Waals surface area contributed by atoms with Gasteiger partial charge in [-0.1, -0.05) is 0 Å². The lowest BCUT2D eigenvalue weighted by Gasteiger charge is -1.99. The van der Waals surface area contributed by atoms with E-state index in [1.54, 1.807) is 12.3 Å². The maximum atomic E-state index is 11.0. The molecule has 5 N–H and O–H groups in total. The van der Waals surface area contributed by atoms with Crippen LogP contribution in [0.5, 0.6) is 0 Å². The van der Waals surface area contributed by atoms with Crippen LogP contribution in [0.25, 0.3) is 11.3 Å². The molecule has 0 aromatic carbocycles. The smallest absolute Gasteiger partial charge is 0.247 e. The van der Waals surface area contributed by atoms with Crippen molar-refractivity contribution in [1.82, 2.24) is 36.9 Å². The number of nitrogens with one attached hydrogen (secondary N) is 5. The minimum Gasteiger partial charge on any atom is -0.328 e. The second kappa shape index (κ2) is 3.72. The summed E-state index contributed by atoms with van der Waals surface area (Å²) in [6.07, 6.45) is 1.57. The van der Waals surface area contributed by atoms with E-state index in [-0.39, 0.29) is 5.56 Å². The Morgan fingerprint density at radius 2 is 2.00 bits per heavy atom. The first-order chi connectivity index (χ1) is 8.34. The Kier molecular flexibility index (Phi) is 2.09. The number of hydrogen-bond donors (Lipinski definition) is 5. The lowest BCUT2D eigenvalue weighted by atomic mass is 10.1. The van der Waals surface area contributed by atoms with E-state index in [0.29, 0.717) is 17.2 Å². The first kappa shape index (κ1) is 9.54. The molecule has 0 unspecified atom stereocenters. The van der Waals surface area contributed by atoms with Crippen molar-refractivity contribution in [2.45, 2.75) is 0 Å². The molecule has 0 saturated heterocycles. The summed E-state index contributed by atoms with van der Waals surface area (Å²) in [5.41, 5.74) is 9.63. The van der Waals surface area contributed by atoms with Crippen LogP contribution in [0, 0.1) is 0 Å². The third kappa shape index (κ3) is 1.63. The van der Waals surface area contributed by atoms with Gasteiger partial charge in [-0.15, -0.1) is 10.6 Å². The van der Waals surface area contributed by atoms with Crippen LogP contribution in [0.4, 0.5) is 0 Å². The van der Waals surface area contributed by atoms with Crippen LogP contribution in [0.3, 0.4) is 0 Å². The first-order valence-corrected chi connectivity index (χ1v) is 4.78. The molecule has 0 spiro atoms. The number of amidine groups is 1. The number of hydrazine groups is 2. The Balaban J connectivity index is 2.06. The number of pyridine rings is 1. The topological polar surface area (TPSA) is 123 Å². The molecule has 9 heteroatoms. The van der Waals surface area contributed by atoms with Crippen LogP contribution in [-0.2, 0) is 0 Å². The zero-order valence-corrected chi connectivity index (χ0v) is 8.48. The van der Waals surface area contributed by atoms with Crippen LogP contribution < -0.4 is 22.1 Å². The number of rotatable bonds is 2. The van der Waals surface area contributed by atoms with E-state index in [9.17, 15) is 4.79 Å². The van der Waals surface area contributed by atoms with E-state index in [4.69, 9.17) is 0 Å². The molecule has 0 atom stereocenters. The predicted molar refractivity (Wildman–Crippen MR) is 58.4 cm³/mol. The molecule has 86 valence electrons. The fourth-order valence-corrected chi connectivity index (χ4v) is 1.47. The first-order valence-electron chi connectivity index (χ1n) is 4.78. The van der Waals surface area contributed by atoms with Crippen molar-refractivity contribution < 1.29 is 0 Å². The van der Waals surface area contributed by atoms with E-state index in [1.807, 2.05) is 0 Å². The number of hydrazone groups is 1. The minimum absolute atomic E-state index is 0.168. The molecule has 0 bridgehead atoms. The standard InChI is InChI=1S/C8H8N8O/c17-5-2-1-4(3-9-5)6-7(11-14-10-6)8-12-15-16-13-8/h1-3,15-16H,(H,9,17)(H,12,13)(H,10,11,14). The SMILES string of the molecule is O=c1ccc(-c2n[nH]nc2C2=NNNN2)c[nH]1. The zero-order chi connectivity index (χ0) is 11.7. The highest BCUT2D eigenvalue weighted by molar-refractivity contribution is 6.01. The Labute approximate surface area is 94.3 Å². The lowest BCUT2D eigenvalue weighted by molar-refractivity contribution is 0.577. The summed E-state index contributed by atoms with van der Waals surface area (Å²) in [5.74, 6) is 0.514. The molecule has 9 nitrogen and oxygen atoms in total. The van der Waals surface area contributed by atoms with Gasteiger partial charge in [0.25, 0.3) is 0 Å². The summed E-state index contributed by atoms with van der Waals surface area (Å²) in [7, 11) is 0. The highest BCUT2D eigenvalue weighted by Gasteiger charge is 2.18. The molecule has 17 heavy (non-hydrogen) atoms. The van der Waals surface area contributed by atoms with Crippen molar-refractivity contribution >= 4 is 5.84 Å². The molecule has 0 amide bonds. The van der Waals surface area contributed by atoms with Gasteiger partial charge in [-0.25, -0.2) is 5.53 Å². The van der Waals surface area contributed by atoms with Gasteiger partial charge in [0.1, 0.15) is 5.69 Å². The summed E-state index contributed by atoms with van der Waals surface area (Å²) in [4.78, 5) is 13.6. The van der Waals surface area contributed by atoms with Crippen molar-refractivity contribution in [3.8, 4) is 11.3 Å². The molecule has 2 aromatic rings. The Hall–Kier alpha value is -2.68. The molecule has 2 aromatic heterocycles. The van der Waals surface area contributed by atoms with Crippen molar-refractivity contribution in [2.75, 3.05) is 0 Å². The summed E-state index contributed by atoms with van der Waals surface area (Å²) in [6, 6.07) is 3.09. The summed E-state index contributed by atoms with van der Waals surface area (Å²) in [5, 5.41) is 14.5. The summed E-state index contributed by atoms with van der Waals surface area (Å²) >= 11 is 0. The average Bonchev–Trinajstić information content (AvgIpc) is 3.00. The molecule has 0 aliphatic carbocycles. The summed E-state index contributed by atoms with van der Waals surface area (Å²) in [6.45, 7) is 0. The minimum atomic E-state index is -0.168. The molecule has 3 heterocycles. The Morgan fingerprint density at radius 1 is 1.12 bits per heavy atom. The largest absolute Gasteiger partial charge is 0.328 e. The van der Waals surface area contributed by atoms with Gasteiger partial charge in [0, 0.05) is 17.8 Å². The Morgan fingerprint density at radius 3 is 2.71 bits per heavy atom. The van der Waals surface area contributed by atoms with Gasteiger partial charge in [-0.3, -0.25) is 10.2 Å². The van der Waals surface area contributed by atoms with Gasteiger partial charge in [0.2, 0.25) is 5.56 Å². The van der Waals surface area contributed by atoms with E-state index in [0.717, 1.165) is 5.56 Å². The second-order valence-corrected chi connectivity index (χ2v) is 3.28.